The molecular weight excluding hydrogens is 212 g/mol. The third-order valence-corrected chi connectivity index (χ3v) is 3.46. The van der Waals surface area contributed by atoms with Gasteiger partial charge in [-0.3, -0.25) is 0 Å². The van der Waals surface area contributed by atoms with Gasteiger partial charge in [0.1, 0.15) is 5.82 Å². The topological polar surface area (TPSA) is 44.0 Å². The van der Waals surface area contributed by atoms with E-state index in [9.17, 15) is 0 Å². The van der Waals surface area contributed by atoms with Crippen LogP contribution in [0.25, 0.3) is 0 Å². The fraction of sp³-hybridized carbons (Fsp3) is 0.769. The van der Waals surface area contributed by atoms with Crippen LogP contribution in [0.15, 0.2) is 12.4 Å². The fourth-order valence-corrected chi connectivity index (χ4v) is 2.34. The Morgan fingerprint density at radius 3 is 2.53 bits per heavy atom. The van der Waals surface area contributed by atoms with Crippen LogP contribution in [0.5, 0.6) is 0 Å². The molecule has 1 atom stereocenters. The lowest BCUT2D eigenvalue weighted by atomic mass is 9.93. The SMILES string of the molecule is CCC(CC)C(CNCc1ncc[nH]1)N(C)C. The third kappa shape index (κ3) is 4.48. The van der Waals surface area contributed by atoms with Crippen LogP contribution in [0.3, 0.4) is 0 Å². The van der Waals surface area contributed by atoms with Gasteiger partial charge in [0.25, 0.3) is 0 Å². The van der Waals surface area contributed by atoms with Crippen molar-refractivity contribution < 1.29 is 0 Å². The molecule has 1 aromatic rings. The summed E-state index contributed by atoms with van der Waals surface area (Å²) in [5, 5.41) is 3.48. The molecule has 4 nitrogen and oxygen atoms in total. The van der Waals surface area contributed by atoms with Crippen molar-refractivity contribution in [2.45, 2.75) is 39.3 Å². The van der Waals surface area contributed by atoms with Crippen LogP contribution in [0, 0.1) is 5.92 Å². The van der Waals surface area contributed by atoms with Crippen molar-refractivity contribution in [2.75, 3.05) is 20.6 Å². The van der Waals surface area contributed by atoms with Gasteiger partial charge in [0.05, 0.1) is 6.54 Å². The van der Waals surface area contributed by atoms with E-state index in [1.54, 1.807) is 6.20 Å². The van der Waals surface area contributed by atoms with E-state index in [1.807, 2.05) is 6.20 Å². The van der Waals surface area contributed by atoms with Crippen molar-refractivity contribution in [1.82, 2.24) is 20.2 Å². The maximum atomic E-state index is 4.21. The van der Waals surface area contributed by atoms with Gasteiger partial charge in [-0.05, 0) is 20.0 Å². The number of nitrogens with one attached hydrogen (secondary N) is 2. The zero-order valence-corrected chi connectivity index (χ0v) is 11.5. The third-order valence-electron chi connectivity index (χ3n) is 3.46. The molecule has 0 spiro atoms. The van der Waals surface area contributed by atoms with Gasteiger partial charge in [0.2, 0.25) is 0 Å². The van der Waals surface area contributed by atoms with Crippen LogP contribution in [0.1, 0.15) is 32.5 Å². The molecule has 1 unspecified atom stereocenters. The summed E-state index contributed by atoms with van der Waals surface area (Å²) in [5.41, 5.74) is 0. The number of hydrogen-bond acceptors (Lipinski definition) is 3. The Bertz CT molecular complexity index is 278. The van der Waals surface area contributed by atoms with E-state index >= 15 is 0 Å². The van der Waals surface area contributed by atoms with E-state index in [-0.39, 0.29) is 0 Å². The summed E-state index contributed by atoms with van der Waals surface area (Å²) in [6.07, 6.45) is 6.13. The molecule has 0 aliphatic rings. The highest BCUT2D eigenvalue weighted by Crippen LogP contribution is 2.16. The van der Waals surface area contributed by atoms with Gasteiger partial charge in [-0.1, -0.05) is 26.7 Å². The van der Waals surface area contributed by atoms with Gasteiger partial charge in [0, 0.05) is 25.0 Å². The lowest BCUT2D eigenvalue weighted by molar-refractivity contribution is 0.193. The van der Waals surface area contributed by atoms with E-state index in [1.165, 1.54) is 12.8 Å². The first-order chi connectivity index (χ1) is 8.19. The number of rotatable bonds is 8. The first kappa shape index (κ1) is 14.2. The highest BCUT2D eigenvalue weighted by atomic mass is 15.1. The molecule has 0 aromatic carbocycles. The number of aromatic nitrogens is 2. The van der Waals surface area contributed by atoms with Crippen LogP contribution in [0.4, 0.5) is 0 Å². The van der Waals surface area contributed by atoms with Crippen molar-refractivity contribution in [1.29, 1.82) is 0 Å². The molecule has 1 aromatic heterocycles. The zero-order valence-electron chi connectivity index (χ0n) is 11.5. The molecule has 0 radical (unpaired) electrons. The molecule has 0 saturated heterocycles. The summed E-state index contributed by atoms with van der Waals surface area (Å²) >= 11 is 0. The molecule has 0 aliphatic carbocycles. The summed E-state index contributed by atoms with van der Waals surface area (Å²) in [6.45, 7) is 6.38. The summed E-state index contributed by atoms with van der Waals surface area (Å²) in [6, 6.07) is 0.597. The van der Waals surface area contributed by atoms with Gasteiger partial charge in [0.15, 0.2) is 0 Å². The van der Waals surface area contributed by atoms with Gasteiger partial charge in [-0.15, -0.1) is 0 Å². The second-order valence-corrected chi connectivity index (χ2v) is 4.77. The number of likely N-dealkylation sites (N-methyl/N-ethyl adjacent to an activating group) is 1. The van der Waals surface area contributed by atoms with Crippen LogP contribution >= 0.6 is 0 Å². The minimum atomic E-state index is 0.597. The maximum Gasteiger partial charge on any atom is 0.120 e. The molecule has 0 saturated carbocycles. The monoisotopic (exact) mass is 238 g/mol. The van der Waals surface area contributed by atoms with Crippen LogP contribution < -0.4 is 5.32 Å². The van der Waals surface area contributed by atoms with Gasteiger partial charge >= 0.3 is 0 Å². The Hall–Kier alpha value is -0.870. The quantitative estimate of drug-likeness (QED) is 0.726. The van der Waals surface area contributed by atoms with Crippen molar-refractivity contribution >= 4 is 0 Å². The van der Waals surface area contributed by atoms with Gasteiger partial charge in [-0.25, -0.2) is 4.98 Å². The van der Waals surface area contributed by atoms with Crippen LogP contribution in [0.2, 0.25) is 0 Å². The largest absolute Gasteiger partial charge is 0.348 e. The molecular formula is C13H26N4. The van der Waals surface area contributed by atoms with Crippen molar-refractivity contribution in [3.8, 4) is 0 Å². The number of hydrogen-bond donors (Lipinski definition) is 2. The maximum absolute atomic E-state index is 4.21. The highest BCUT2D eigenvalue weighted by molar-refractivity contribution is 4.87. The average Bonchev–Trinajstić information content (AvgIpc) is 2.81. The lowest BCUT2D eigenvalue weighted by Crippen LogP contribution is -2.42. The number of H-pyrrole nitrogens is 1. The second-order valence-electron chi connectivity index (χ2n) is 4.77. The van der Waals surface area contributed by atoms with Crippen LogP contribution in [-0.4, -0.2) is 41.5 Å². The Morgan fingerprint density at radius 1 is 1.35 bits per heavy atom. The normalized spacial score (nSPS) is 13.5. The summed E-state index contributed by atoms with van der Waals surface area (Å²) < 4.78 is 0. The van der Waals surface area contributed by atoms with E-state index in [4.69, 9.17) is 0 Å². The molecule has 0 bridgehead atoms. The van der Waals surface area contributed by atoms with E-state index < -0.39 is 0 Å². The predicted octanol–water partition coefficient (Wildman–Crippen LogP) is 1.87. The zero-order chi connectivity index (χ0) is 12.7. The molecule has 0 aliphatic heterocycles. The van der Waals surface area contributed by atoms with Crippen LogP contribution in [-0.2, 0) is 6.54 Å². The Labute approximate surface area is 105 Å². The molecule has 1 rings (SSSR count). The molecule has 0 fully saturated rings. The van der Waals surface area contributed by atoms with E-state index in [2.05, 4.69) is 48.1 Å². The van der Waals surface area contributed by atoms with Crippen molar-refractivity contribution in [2.24, 2.45) is 5.92 Å². The minimum absolute atomic E-state index is 0.597. The van der Waals surface area contributed by atoms with E-state index in [0.717, 1.165) is 24.8 Å². The molecule has 17 heavy (non-hydrogen) atoms. The first-order valence-corrected chi connectivity index (χ1v) is 6.54. The molecule has 2 N–H and O–H groups in total. The van der Waals surface area contributed by atoms with Crippen molar-refractivity contribution in [3.05, 3.63) is 18.2 Å². The summed E-state index contributed by atoms with van der Waals surface area (Å²) in [4.78, 5) is 9.65. The second kappa shape index (κ2) is 7.45. The smallest absolute Gasteiger partial charge is 0.120 e. The molecule has 0 amide bonds. The van der Waals surface area contributed by atoms with E-state index in [0.29, 0.717) is 6.04 Å². The summed E-state index contributed by atoms with van der Waals surface area (Å²) in [5.74, 6) is 1.76. The van der Waals surface area contributed by atoms with Gasteiger partial charge < -0.3 is 15.2 Å². The molecule has 4 heteroatoms. The molecule has 98 valence electrons. The molecule has 1 heterocycles. The average molecular weight is 238 g/mol. The predicted molar refractivity (Wildman–Crippen MR) is 71.8 cm³/mol. The highest BCUT2D eigenvalue weighted by Gasteiger charge is 2.19. The first-order valence-electron chi connectivity index (χ1n) is 6.54. The number of imidazole rings is 1. The summed E-state index contributed by atoms with van der Waals surface area (Å²) in [7, 11) is 4.33. The van der Waals surface area contributed by atoms with Crippen molar-refractivity contribution in [3.63, 3.8) is 0 Å². The number of nitrogens with zero attached hydrogens (tertiary/aromatic N) is 2. The Morgan fingerprint density at radius 2 is 2.06 bits per heavy atom. The minimum Gasteiger partial charge on any atom is -0.348 e. The standard InChI is InChI=1S/C13H26N4/c1-5-11(6-2)12(17(3)4)9-14-10-13-15-7-8-16-13/h7-8,11-12,14H,5-6,9-10H2,1-4H3,(H,15,16). The Kier molecular flexibility index (Phi) is 6.22. The van der Waals surface area contributed by atoms with Gasteiger partial charge in [-0.2, -0.15) is 0 Å². The fourth-order valence-electron chi connectivity index (χ4n) is 2.34. The Balaban J connectivity index is 2.39. The number of aromatic amines is 1. The lowest BCUT2D eigenvalue weighted by Gasteiger charge is -2.31.